The second-order valence-electron chi connectivity index (χ2n) is 7.23. The van der Waals surface area contributed by atoms with Crippen LogP contribution in [-0.2, 0) is 0 Å². The normalized spacial score (nSPS) is 14.5. The lowest BCUT2D eigenvalue weighted by Gasteiger charge is -2.34. The zero-order valence-electron chi connectivity index (χ0n) is 17.1. The van der Waals surface area contributed by atoms with Gasteiger partial charge in [-0.2, -0.15) is 0 Å². The summed E-state index contributed by atoms with van der Waals surface area (Å²) in [5, 5.41) is 3.80. The molecule has 2 heterocycles. The van der Waals surface area contributed by atoms with Crippen LogP contribution in [0.4, 0.5) is 22.3 Å². The summed E-state index contributed by atoms with van der Waals surface area (Å²) in [7, 11) is 3.79. The summed E-state index contributed by atoms with van der Waals surface area (Å²) in [6.07, 6.45) is 0. The molecule has 0 spiro atoms. The van der Waals surface area contributed by atoms with Crippen LogP contribution in [0, 0.1) is 0 Å². The van der Waals surface area contributed by atoms with E-state index < -0.39 is 0 Å². The number of likely N-dealkylation sites (N-methyl/N-ethyl adjacent to an activating group) is 1. The molecule has 1 aliphatic heterocycles. The number of ether oxygens (including phenoxy) is 1. The molecule has 1 aliphatic rings. The van der Waals surface area contributed by atoms with Crippen molar-refractivity contribution in [3.63, 3.8) is 0 Å². The number of rotatable bonds is 6. The molecular weight excluding hydrogens is 398 g/mol. The minimum absolute atomic E-state index is 0.129. The molecule has 8 heteroatoms. The van der Waals surface area contributed by atoms with E-state index in [9.17, 15) is 4.79 Å². The Balaban J connectivity index is 1.54. The van der Waals surface area contributed by atoms with Crippen LogP contribution < -0.4 is 20.7 Å². The number of nitrogen functional groups attached to an aromatic ring is 1. The Hall–Kier alpha value is -3.10. The van der Waals surface area contributed by atoms with Gasteiger partial charge in [-0.05, 0) is 19.2 Å². The smallest absolute Gasteiger partial charge is 0.206 e. The van der Waals surface area contributed by atoms with Crippen molar-refractivity contribution in [1.82, 2.24) is 9.88 Å². The Kier molecular flexibility index (Phi) is 5.87. The lowest BCUT2D eigenvalue weighted by atomic mass is 10.1. The molecule has 4 rings (SSSR count). The van der Waals surface area contributed by atoms with Gasteiger partial charge in [0.05, 0.1) is 12.8 Å². The van der Waals surface area contributed by atoms with Gasteiger partial charge in [0.25, 0.3) is 0 Å². The molecule has 1 fully saturated rings. The van der Waals surface area contributed by atoms with E-state index in [0.29, 0.717) is 15.6 Å². The number of hydrogen-bond acceptors (Lipinski definition) is 8. The first-order valence-corrected chi connectivity index (χ1v) is 10.6. The molecule has 3 aromatic rings. The van der Waals surface area contributed by atoms with Gasteiger partial charge >= 0.3 is 0 Å². The first-order valence-electron chi connectivity index (χ1n) is 9.80. The summed E-state index contributed by atoms with van der Waals surface area (Å²) < 4.78 is 5.60. The molecular formula is C22H25N5O2S. The van der Waals surface area contributed by atoms with Crippen LogP contribution >= 0.6 is 11.3 Å². The molecule has 30 heavy (non-hydrogen) atoms. The van der Waals surface area contributed by atoms with E-state index in [1.54, 1.807) is 19.2 Å². The van der Waals surface area contributed by atoms with Crippen LogP contribution in [0.2, 0.25) is 0 Å². The molecule has 7 nitrogen and oxygen atoms in total. The quantitative estimate of drug-likeness (QED) is 0.588. The van der Waals surface area contributed by atoms with Crippen LogP contribution in [0.25, 0.3) is 0 Å². The van der Waals surface area contributed by atoms with Crippen molar-refractivity contribution in [3.05, 3.63) is 59.0 Å². The Bertz CT molecular complexity index is 1030. The van der Waals surface area contributed by atoms with E-state index in [2.05, 4.69) is 33.2 Å². The monoisotopic (exact) mass is 423 g/mol. The summed E-state index contributed by atoms with van der Waals surface area (Å²) in [5.41, 5.74) is 8.53. The van der Waals surface area contributed by atoms with Gasteiger partial charge in [0.2, 0.25) is 5.78 Å². The Morgan fingerprint density at radius 2 is 1.87 bits per heavy atom. The third-order valence-electron chi connectivity index (χ3n) is 5.19. The second-order valence-corrected chi connectivity index (χ2v) is 8.23. The predicted molar refractivity (Wildman–Crippen MR) is 122 cm³/mol. The zero-order valence-corrected chi connectivity index (χ0v) is 17.9. The van der Waals surface area contributed by atoms with Crippen molar-refractivity contribution in [2.75, 3.05) is 56.3 Å². The summed E-state index contributed by atoms with van der Waals surface area (Å²) in [5.74, 6) is 0.816. The van der Waals surface area contributed by atoms with E-state index in [1.807, 2.05) is 30.3 Å². The van der Waals surface area contributed by atoms with E-state index in [-0.39, 0.29) is 11.6 Å². The first-order chi connectivity index (χ1) is 14.5. The van der Waals surface area contributed by atoms with E-state index in [4.69, 9.17) is 10.5 Å². The van der Waals surface area contributed by atoms with Crippen molar-refractivity contribution in [3.8, 4) is 5.75 Å². The molecule has 0 amide bonds. The average Bonchev–Trinajstić information content (AvgIpc) is 3.14. The number of methoxy groups -OCH3 is 1. The topological polar surface area (TPSA) is 83.7 Å². The van der Waals surface area contributed by atoms with Crippen molar-refractivity contribution in [2.24, 2.45) is 0 Å². The van der Waals surface area contributed by atoms with Crippen LogP contribution in [0.1, 0.15) is 15.2 Å². The van der Waals surface area contributed by atoms with Gasteiger partial charge in [-0.25, -0.2) is 4.98 Å². The number of carbonyl (C=O) groups excluding carboxylic acids is 1. The minimum Gasteiger partial charge on any atom is -0.494 e. The number of nitrogens with one attached hydrogen (secondary N) is 1. The third kappa shape index (κ3) is 4.24. The fourth-order valence-corrected chi connectivity index (χ4v) is 4.29. The molecule has 156 valence electrons. The van der Waals surface area contributed by atoms with Gasteiger partial charge in [-0.1, -0.05) is 41.7 Å². The lowest BCUT2D eigenvalue weighted by molar-refractivity contribution is 0.104. The number of carbonyl (C=O) groups is 1. The SMILES string of the molecule is COc1cc(N2CCN(C)CC2)ccc1Nc1nc(N)c(C(=O)c2ccccc2)s1. The fourth-order valence-electron chi connectivity index (χ4n) is 3.43. The second kappa shape index (κ2) is 8.73. The van der Waals surface area contributed by atoms with Gasteiger partial charge in [0, 0.05) is 43.5 Å². The summed E-state index contributed by atoms with van der Waals surface area (Å²) in [6.45, 7) is 4.05. The molecule has 0 unspecified atom stereocenters. The van der Waals surface area contributed by atoms with Gasteiger partial charge in [-0.15, -0.1) is 0 Å². The predicted octanol–water partition coefficient (Wildman–Crippen LogP) is 3.46. The summed E-state index contributed by atoms with van der Waals surface area (Å²) in [6, 6.07) is 15.2. The van der Waals surface area contributed by atoms with Crippen molar-refractivity contribution in [1.29, 1.82) is 0 Å². The van der Waals surface area contributed by atoms with E-state index in [1.165, 1.54) is 11.3 Å². The molecule has 0 bridgehead atoms. The molecule has 0 atom stereocenters. The highest BCUT2D eigenvalue weighted by molar-refractivity contribution is 7.18. The first kappa shape index (κ1) is 20.2. The Labute approximate surface area is 180 Å². The fraction of sp³-hybridized carbons (Fsp3) is 0.273. The van der Waals surface area contributed by atoms with Gasteiger partial charge in [0.1, 0.15) is 16.4 Å². The van der Waals surface area contributed by atoms with Gasteiger partial charge < -0.3 is 25.6 Å². The number of nitrogens with two attached hydrogens (primary N) is 1. The summed E-state index contributed by atoms with van der Waals surface area (Å²) in [4.78, 5) is 22.2. The van der Waals surface area contributed by atoms with Crippen molar-refractivity contribution < 1.29 is 9.53 Å². The number of nitrogens with zero attached hydrogens (tertiary/aromatic N) is 3. The van der Waals surface area contributed by atoms with Crippen molar-refractivity contribution >= 4 is 39.4 Å². The van der Waals surface area contributed by atoms with Crippen LogP contribution in [0.3, 0.4) is 0 Å². The zero-order chi connectivity index (χ0) is 21.1. The van der Waals surface area contributed by atoms with Gasteiger partial charge in [-0.3, -0.25) is 4.79 Å². The van der Waals surface area contributed by atoms with Crippen molar-refractivity contribution in [2.45, 2.75) is 0 Å². The largest absolute Gasteiger partial charge is 0.494 e. The molecule has 0 radical (unpaired) electrons. The maximum atomic E-state index is 12.7. The lowest BCUT2D eigenvalue weighted by Crippen LogP contribution is -2.44. The number of anilines is 4. The molecule has 0 saturated carbocycles. The minimum atomic E-state index is -0.129. The van der Waals surface area contributed by atoms with E-state index in [0.717, 1.165) is 43.3 Å². The third-order valence-corrected chi connectivity index (χ3v) is 6.18. The number of thiazole rings is 1. The molecule has 1 aromatic heterocycles. The highest BCUT2D eigenvalue weighted by atomic mass is 32.1. The average molecular weight is 424 g/mol. The van der Waals surface area contributed by atoms with Crippen LogP contribution in [0.5, 0.6) is 5.75 Å². The summed E-state index contributed by atoms with van der Waals surface area (Å²) >= 11 is 1.24. The van der Waals surface area contributed by atoms with Gasteiger partial charge in [0.15, 0.2) is 5.13 Å². The molecule has 2 aromatic carbocycles. The number of hydrogen-bond donors (Lipinski definition) is 2. The number of benzene rings is 2. The highest BCUT2D eigenvalue weighted by Gasteiger charge is 2.19. The van der Waals surface area contributed by atoms with E-state index >= 15 is 0 Å². The maximum Gasteiger partial charge on any atom is 0.206 e. The maximum absolute atomic E-state index is 12.7. The molecule has 0 aliphatic carbocycles. The molecule has 3 N–H and O–H groups in total. The standard InChI is InChI=1S/C22H25N5O2S/c1-26-10-12-27(13-11-26)16-8-9-17(18(14-16)29-2)24-22-25-21(23)20(30-22)19(28)15-6-4-3-5-7-15/h3-9,14H,10-13,23H2,1-2H3,(H,24,25). The highest BCUT2D eigenvalue weighted by Crippen LogP contribution is 2.35. The molecule has 1 saturated heterocycles. The van der Waals surface area contributed by atoms with Crippen LogP contribution in [0.15, 0.2) is 48.5 Å². The Morgan fingerprint density at radius 1 is 1.13 bits per heavy atom. The van der Waals surface area contributed by atoms with Crippen LogP contribution in [-0.4, -0.2) is 56.0 Å². The number of aromatic nitrogens is 1. The number of piperazine rings is 1. The number of ketones is 1. The Morgan fingerprint density at radius 3 is 2.57 bits per heavy atom.